The zero-order chi connectivity index (χ0) is 21.2. The van der Waals surface area contributed by atoms with Crippen LogP contribution >= 0.6 is 12.4 Å². The van der Waals surface area contributed by atoms with Gasteiger partial charge >= 0.3 is 17.6 Å². The van der Waals surface area contributed by atoms with E-state index in [1.807, 2.05) is 0 Å². The predicted molar refractivity (Wildman–Crippen MR) is 105 cm³/mol. The lowest BCUT2D eigenvalue weighted by Gasteiger charge is -2.30. The summed E-state index contributed by atoms with van der Waals surface area (Å²) in [4.78, 5) is 39.8. The van der Waals surface area contributed by atoms with E-state index in [0.29, 0.717) is 0 Å². The van der Waals surface area contributed by atoms with Gasteiger partial charge in [0, 0.05) is 6.20 Å². The first-order valence-corrected chi connectivity index (χ1v) is 9.04. The average molecular weight is 434 g/mol. The molecule has 0 aliphatic carbocycles. The fourth-order valence-corrected chi connectivity index (χ4v) is 2.76. The standard InChI is InChI=1S/C18H27N3O7.ClH/c1-9(2)14(22)26-8-11-13(28-15(23)10(3)4)18(5,25)16(27-11)21-7-6-12(19)20-17(21)24;/h6-7,9-11,13,16,25H,8H2,1-5H3,(H2,19,20,24);1H/t11-,13-,16-,18-;/m1./s1. The topological polar surface area (TPSA) is 143 Å². The highest BCUT2D eigenvalue weighted by Gasteiger charge is 2.56. The number of aliphatic hydroxyl groups is 1. The molecule has 0 radical (unpaired) electrons. The summed E-state index contributed by atoms with van der Waals surface area (Å²) in [5, 5.41) is 11.1. The molecule has 1 saturated heterocycles. The van der Waals surface area contributed by atoms with Crippen molar-refractivity contribution >= 4 is 30.2 Å². The molecule has 0 amide bonds. The molecule has 2 heterocycles. The third kappa shape index (κ3) is 5.46. The highest BCUT2D eigenvalue weighted by atomic mass is 35.5. The number of hydrogen-bond acceptors (Lipinski definition) is 9. The van der Waals surface area contributed by atoms with Gasteiger partial charge in [-0.3, -0.25) is 14.2 Å². The molecule has 29 heavy (non-hydrogen) atoms. The van der Waals surface area contributed by atoms with Crippen molar-refractivity contribution in [3.63, 3.8) is 0 Å². The lowest BCUT2D eigenvalue weighted by Crippen LogP contribution is -2.49. The molecule has 0 aromatic carbocycles. The Balaban J connectivity index is 0.00000420. The van der Waals surface area contributed by atoms with Gasteiger partial charge in [-0.1, -0.05) is 27.7 Å². The molecule has 10 nitrogen and oxygen atoms in total. The number of carbonyl (C=O) groups excluding carboxylic acids is 2. The Labute approximate surface area is 174 Å². The number of halogens is 1. The highest BCUT2D eigenvalue weighted by Crippen LogP contribution is 2.40. The maximum Gasteiger partial charge on any atom is 0.351 e. The molecule has 4 atom stereocenters. The first kappa shape index (κ1) is 24.9. The summed E-state index contributed by atoms with van der Waals surface area (Å²) in [5.74, 6) is -1.82. The summed E-state index contributed by atoms with van der Waals surface area (Å²) < 4.78 is 17.5. The first-order chi connectivity index (χ1) is 12.9. The summed E-state index contributed by atoms with van der Waals surface area (Å²) in [5.41, 5.74) is 2.97. The van der Waals surface area contributed by atoms with Gasteiger partial charge in [0.15, 0.2) is 12.3 Å². The minimum absolute atomic E-state index is 0. The van der Waals surface area contributed by atoms with Gasteiger partial charge in [0.25, 0.3) is 0 Å². The highest BCUT2D eigenvalue weighted by molar-refractivity contribution is 5.85. The third-order valence-electron chi connectivity index (χ3n) is 4.40. The molecule has 11 heteroatoms. The second-order valence-electron chi connectivity index (χ2n) is 7.59. The van der Waals surface area contributed by atoms with E-state index in [0.717, 1.165) is 4.57 Å². The van der Waals surface area contributed by atoms with Gasteiger partial charge in [0.1, 0.15) is 24.1 Å². The number of esters is 2. The van der Waals surface area contributed by atoms with E-state index < -0.39 is 47.6 Å². The van der Waals surface area contributed by atoms with E-state index in [1.165, 1.54) is 19.2 Å². The summed E-state index contributed by atoms with van der Waals surface area (Å²) in [7, 11) is 0. The third-order valence-corrected chi connectivity index (χ3v) is 4.40. The number of aromatic nitrogens is 2. The second kappa shape index (κ2) is 9.55. The molecule has 0 saturated carbocycles. The zero-order valence-corrected chi connectivity index (χ0v) is 17.8. The van der Waals surface area contributed by atoms with Crippen molar-refractivity contribution in [3.05, 3.63) is 22.7 Å². The van der Waals surface area contributed by atoms with E-state index >= 15 is 0 Å². The Morgan fingerprint density at radius 2 is 1.90 bits per heavy atom. The minimum atomic E-state index is -1.79. The van der Waals surface area contributed by atoms with Gasteiger partial charge in [-0.05, 0) is 13.0 Å². The SMILES string of the molecule is CC(C)C(=O)OC[C@H]1O[C@@H](n2ccc(N)nc2=O)[C@](C)(O)[C@@H]1OC(=O)C(C)C.Cl. The number of carbonyl (C=O) groups is 2. The van der Waals surface area contributed by atoms with E-state index in [1.54, 1.807) is 27.7 Å². The van der Waals surface area contributed by atoms with Crippen LogP contribution in [0, 0.1) is 11.8 Å². The van der Waals surface area contributed by atoms with Crippen LogP contribution in [0.15, 0.2) is 17.1 Å². The van der Waals surface area contributed by atoms with Crippen LogP contribution in [0.2, 0.25) is 0 Å². The van der Waals surface area contributed by atoms with E-state index in [4.69, 9.17) is 19.9 Å². The smallest absolute Gasteiger partial charge is 0.351 e. The number of ether oxygens (including phenoxy) is 3. The van der Waals surface area contributed by atoms with Crippen molar-refractivity contribution in [2.24, 2.45) is 11.8 Å². The van der Waals surface area contributed by atoms with Crippen LogP contribution in [-0.4, -0.2) is 51.0 Å². The van der Waals surface area contributed by atoms with Crippen molar-refractivity contribution in [1.82, 2.24) is 9.55 Å². The number of rotatable bonds is 6. The summed E-state index contributed by atoms with van der Waals surface area (Å²) in [6.45, 7) is 7.76. The molecule has 0 spiro atoms. The molecule has 1 aliphatic rings. The van der Waals surface area contributed by atoms with Gasteiger partial charge in [0.2, 0.25) is 0 Å². The minimum Gasteiger partial charge on any atom is -0.463 e. The Morgan fingerprint density at radius 1 is 1.31 bits per heavy atom. The Morgan fingerprint density at radius 3 is 2.41 bits per heavy atom. The van der Waals surface area contributed by atoms with Crippen LogP contribution in [0.5, 0.6) is 0 Å². The average Bonchev–Trinajstić information content (AvgIpc) is 2.83. The molecule has 1 fully saturated rings. The number of nitrogens with zero attached hydrogens (tertiary/aromatic N) is 2. The van der Waals surface area contributed by atoms with Crippen molar-refractivity contribution in [2.45, 2.75) is 58.7 Å². The fourth-order valence-electron chi connectivity index (χ4n) is 2.76. The van der Waals surface area contributed by atoms with Crippen LogP contribution in [0.3, 0.4) is 0 Å². The van der Waals surface area contributed by atoms with Crippen molar-refractivity contribution in [2.75, 3.05) is 12.3 Å². The summed E-state index contributed by atoms with van der Waals surface area (Å²) >= 11 is 0. The quantitative estimate of drug-likeness (QED) is 0.618. The van der Waals surface area contributed by atoms with Crippen molar-refractivity contribution < 1.29 is 28.9 Å². The van der Waals surface area contributed by atoms with Crippen molar-refractivity contribution in [1.29, 1.82) is 0 Å². The lowest BCUT2D eigenvalue weighted by atomic mass is 9.96. The molecule has 0 bridgehead atoms. The molecular weight excluding hydrogens is 406 g/mol. The van der Waals surface area contributed by atoms with Crippen LogP contribution in [0.1, 0.15) is 40.8 Å². The van der Waals surface area contributed by atoms with Crippen LogP contribution in [0.25, 0.3) is 0 Å². The number of nitrogen functional groups attached to an aromatic ring is 1. The molecule has 3 N–H and O–H groups in total. The van der Waals surface area contributed by atoms with Gasteiger partial charge in [-0.2, -0.15) is 4.98 Å². The van der Waals surface area contributed by atoms with Gasteiger partial charge in [0.05, 0.1) is 11.8 Å². The number of anilines is 1. The second-order valence-corrected chi connectivity index (χ2v) is 7.59. The predicted octanol–water partition coefficient (Wildman–Crippen LogP) is 0.663. The maximum absolute atomic E-state index is 12.2. The largest absolute Gasteiger partial charge is 0.463 e. The fraction of sp³-hybridized carbons (Fsp3) is 0.667. The van der Waals surface area contributed by atoms with Crippen LogP contribution < -0.4 is 11.4 Å². The van der Waals surface area contributed by atoms with E-state index in [2.05, 4.69) is 4.98 Å². The maximum atomic E-state index is 12.2. The zero-order valence-electron chi connectivity index (χ0n) is 17.0. The summed E-state index contributed by atoms with van der Waals surface area (Å²) in [6, 6.07) is 1.38. The molecule has 1 aromatic heterocycles. The Hall–Kier alpha value is -2.17. The van der Waals surface area contributed by atoms with Crippen molar-refractivity contribution in [3.8, 4) is 0 Å². The van der Waals surface area contributed by atoms with Gasteiger partial charge in [-0.25, -0.2) is 4.79 Å². The van der Waals surface area contributed by atoms with E-state index in [-0.39, 0.29) is 30.7 Å². The number of nitrogens with two attached hydrogens (primary N) is 1. The van der Waals surface area contributed by atoms with E-state index in [9.17, 15) is 19.5 Å². The van der Waals surface area contributed by atoms with Gasteiger partial charge in [-0.15, -0.1) is 12.4 Å². The Kier molecular flexibility index (Phi) is 8.19. The first-order valence-electron chi connectivity index (χ1n) is 9.04. The summed E-state index contributed by atoms with van der Waals surface area (Å²) in [6.07, 6.45) is -2.04. The molecule has 0 unspecified atom stereocenters. The van der Waals surface area contributed by atoms with Crippen LogP contribution in [-0.2, 0) is 23.8 Å². The molecule has 1 aromatic rings. The number of hydrogen-bond donors (Lipinski definition) is 2. The Bertz CT molecular complexity index is 794. The molecule has 1 aliphatic heterocycles. The lowest BCUT2D eigenvalue weighted by molar-refractivity contribution is -0.169. The molecule has 2 rings (SSSR count). The molecular formula is C18H28ClN3O7. The monoisotopic (exact) mass is 433 g/mol. The normalized spacial score (nSPS) is 26.3. The van der Waals surface area contributed by atoms with Gasteiger partial charge < -0.3 is 25.1 Å². The molecule has 164 valence electrons. The van der Waals surface area contributed by atoms with Crippen LogP contribution in [0.4, 0.5) is 5.82 Å².